The van der Waals surface area contributed by atoms with Crippen LogP contribution in [0.2, 0.25) is 5.02 Å². The number of Topliss-reactive ketones (excluding diaryl/α,β-unsaturated/α-hetero) is 1. The summed E-state index contributed by atoms with van der Waals surface area (Å²) in [5, 5.41) is 9.83. The average Bonchev–Trinajstić information content (AvgIpc) is 2.03. The van der Waals surface area contributed by atoms with Crippen molar-refractivity contribution in [3.8, 4) is 5.75 Å². The van der Waals surface area contributed by atoms with Crippen LogP contribution in [0.5, 0.6) is 5.75 Å². The van der Waals surface area contributed by atoms with Gasteiger partial charge >= 0.3 is 0 Å². The van der Waals surface area contributed by atoms with Gasteiger partial charge in [0.15, 0.2) is 0 Å². The van der Waals surface area contributed by atoms with E-state index in [-0.39, 0.29) is 11.5 Å². The maximum atomic E-state index is 11.0. The molecule has 70 valence electrons. The highest BCUT2D eigenvalue weighted by Gasteiger charge is 2.19. The van der Waals surface area contributed by atoms with Gasteiger partial charge in [0, 0.05) is 10.6 Å². The number of ketones is 1. The maximum Gasteiger partial charge on any atom is 0.148 e. The Balaban J connectivity index is 3.20. The van der Waals surface area contributed by atoms with Crippen LogP contribution in [0.1, 0.15) is 17.3 Å². The number of rotatable bonds is 2. The lowest BCUT2D eigenvalue weighted by Gasteiger charge is -2.10. The Morgan fingerprint density at radius 3 is 2.69 bits per heavy atom. The molecule has 0 spiro atoms. The van der Waals surface area contributed by atoms with Gasteiger partial charge in [0.25, 0.3) is 0 Å². The Bertz CT molecular complexity index is 318. The molecule has 1 rings (SSSR count). The zero-order chi connectivity index (χ0) is 10.0. The number of carbonyl (C=O) groups excluding carboxylic acids is 1. The van der Waals surface area contributed by atoms with Gasteiger partial charge in [-0.2, -0.15) is 0 Å². The van der Waals surface area contributed by atoms with Crippen LogP contribution in [0.15, 0.2) is 18.2 Å². The van der Waals surface area contributed by atoms with E-state index in [0.29, 0.717) is 10.6 Å². The van der Waals surface area contributed by atoms with Crippen molar-refractivity contribution in [1.29, 1.82) is 0 Å². The summed E-state index contributed by atoms with van der Waals surface area (Å²) >= 11 is 8.98. The fourth-order valence-corrected chi connectivity index (χ4v) is 1.87. The van der Waals surface area contributed by atoms with Gasteiger partial charge in [0.1, 0.15) is 16.4 Å². The molecule has 0 bridgehead atoms. The average molecular weight is 264 g/mol. The van der Waals surface area contributed by atoms with Gasteiger partial charge in [-0.3, -0.25) is 4.79 Å². The van der Waals surface area contributed by atoms with Crippen molar-refractivity contribution in [2.75, 3.05) is 0 Å². The molecule has 2 nitrogen and oxygen atoms in total. The molecule has 1 aromatic carbocycles. The van der Waals surface area contributed by atoms with Crippen molar-refractivity contribution < 1.29 is 9.90 Å². The molecule has 0 aliphatic carbocycles. The quantitative estimate of drug-likeness (QED) is 0.833. The minimum atomic E-state index is -0.541. The van der Waals surface area contributed by atoms with Gasteiger partial charge in [-0.25, -0.2) is 0 Å². The topological polar surface area (TPSA) is 37.3 Å². The molecule has 0 amide bonds. The Labute approximate surface area is 89.7 Å². The van der Waals surface area contributed by atoms with Crippen LogP contribution in [0.4, 0.5) is 0 Å². The third-order valence-electron chi connectivity index (χ3n) is 1.64. The third kappa shape index (κ3) is 2.23. The molecule has 0 heterocycles. The van der Waals surface area contributed by atoms with Crippen LogP contribution < -0.4 is 0 Å². The lowest BCUT2D eigenvalue weighted by atomic mass is 10.1. The Kier molecular flexibility index (Phi) is 3.33. The lowest BCUT2D eigenvalue weighted by molar-refractivity contribution is -0.116. The van der Waals surface area contributed by atoms with Crippen molar-refractivity contribution in [1.82, 2.24) is 0 Å². The molecular weight excluding hydrogens is 255 g/mol. The predicted octanol–water partition coefficient (Wildman–Crippen LogP) is 3.07. The Morgan fingerprint density at radius 1 is 1.62 bits per heavy atom. The number of hydrogen-bond donors (Lipinski definition) is 1. The highest BCUT2D eigenvalue weighted by Crippen LogP contribution is 2.36. The van der Waals surface area contributed by atoms with Crippen LogP contribution in [0.25, 0.3) is 0 Å². The first-order valence-electron chi connectivity index (χ1n) is 3.66. The molecule has 13 heavy (non-hydrogen) atoms. The van der Waals surface area contributed by atoms with E-state index in [9.17, 15) is 9.90 Å². The zero-order valence-corrected chi connectivity index (χ0v) is 9.26. The van der Waals surface area contributed by atoms with Gasteiger partial charge in [-0.15, -0.1) is 0 Å². The molecule has 1 unspecified atom stereocenters. The van der Waals surface area contributed by atoms with Crippen LogP contribution in [-0.2, 0) is 4.79 Å². The fourth-order valence-electron chi connectivity index (χ4n) is 0.980. The van der Waals surface area contributed by atoms with Gasteiger partial charge in [0.05, 0.1) is 0 Å². The van der Waals surface area contributed by atoms with Crippen LogP contribution >= 0.6 is 27.5 Å². The van der Waals surface area contributed by atoms with E-state index in [1.54, 1.807) is 12.1 Å². The molecule has 1 atom stereocenters. The number of aromatic hydroxyl groups is 1. The van der Waals surface area contributed by atoms with E-state index < -0.39 is 4.83 Å². The summed E-state index contributed by atoms with van der Waals surface area (Å²) in [6, 6.07) is 4.76. The van der Waals surface area contributed by atoms with Crippen molar-refractivity contribution in [2.24, 2.45) is 0 Å². The summed E-state index contributed by atoms with van der Waals surface area (Å²) in [6.07, 6.45) is 0. The fraction of sp³-hybridized carbons (Fsp3) is 0.222. The lowest BCUT2D eigenvalue weighted by Crippen LogP contribution is -2.01. The molecule has 0 radical (unpaired) electrons. The molecule has 0 saturated carbocycles. The SMILES string of the molecule is CC(=O)C(Br)c1c(O)cccc1Cl. The largest absolute Gasteiger partial charge is 0.508 e. The first-order valence-corrected chi connectivity index (χ1v) is 4.95. The summed E-state index contributed by atoms with van der Waals surface area (Å²) in [5.41, 5.74) is 0.427. The molecular formula is C9H8BrClO2. The van der Waals surface area contributed by atoms with Crippen molar-refractivity contribution >= 4 is 33.3 Å². The second kappa shape index (κ2) is 4.11. The summed E-state index contributed by atoms with van der Waals surface area (Å²) in [5.74, 6) is -0.0621. The molecule has 0 aliphatic heterocycles. The minimum Gasteiger partial charge on any atom is -0.508 e. The molecule has 4 heteroatoms. The third-order valence-corrected chi connectivity index (χ3v) is 3.07. The van der Waals surface area contributed by atoms with Crippen molar-refractivity contribution in [3.63, 3.8) is 0 Å². The van der Waals surface area contributed by atoms with Gasteiger partial charge in [-0.1, -0.05) is 33.6 Å². The van der Waals surface area contributed by atoms with E-state index in [4.69, 9.17) is 11.6 Å². The van der Waals surface area contributed by atoms with Crippen molar-refractivity contribution in [3.05, 3.63) is 28.8 Å². The summed E-state index contributed by atoms with van der Waals surface area (Å²) in [7, 11) is 0. The van der Waals surface area contributed by atoms with Gasteiger partial charge in [0.2, 0.25) is 0 Å². The van der Waals surface area contributed by atoms with Crippen LogP contribution in [-0.4, -0.2) is 10.9 Å². The summed E-state index contributed by atoms with van der Waals surface area (Å²) < 4.78 is 0. The first kappa shape index (κ1) is 10.5. The van der Waals surface area contributed by atoms with Crippen molar-refractivity contribution in [2.45, 2.75) is 11.8 Å². The van der Waals surface area contributed by atoms with Crippen LogP contribution in [0, 0.1) is 0 Å². The second-order valence-electron chi connectivity index (χ2n) is 2.65. The number of hydrogen-bond acceptors (Lipinski definition) is 2. The van der Waals surface area contributed by atoms with Crippen LogP contribution in [0.3, 0.4) is 0 Å². The Hall–Kier alpha value is -0.540. The number of phenols is 1. The second-order valence-corrected chi connectivity index (χ2v) is 3.97. The normalized spacial score (nSPS) is 12.5. The molecule has 1 aromatic rings. The predicted molar refractivity (Wildman–Crippen MR) is 55.5 cm³/mol. The molecule has 0 aromatic heterocycles. The Morgan fingerprint density at radius 2 is 2.23 bits per heavy atom. The zero-order valence-electron chi connectivity index (χ0n) is 6.92. The van der Waals surface area contributed by atoms with E-state index in [0.717, 1.165) is 0 Å². The number of phenolic OH excluding ortho intramolecular Hbond substituents is 1. The standard InChI is InChI=1S/C9H8BrClO2/c1-5(12)9(10)8-6(11)3-2-4-7(8)13/h2-4,9,13H,1H3. The molecule has 0 saturated heterocycles. The number of carbonyl (C=O) groups is 1. The number of halogens is 2. The molecule has 0 aliphatic rings. The van der Waals surface area contributed by atoms with E-state index in [1.807, 2.05) is 0 Å². The smallest absolute Gasteiger partial charge is 0.148 e. The summed E-state index contributed by atoms with van der Waals surface area (Å²) in [4.78, 5) is 10.5. The number of benzene rings is 1. The maximum absolute atomic E-state index is 11.0. The minimum absolute atomic E-state index is 0.0320. The molecule has 1 N–H and O–H groups in total. The highest BCUT2D eigenvalue weighted by atomic mass is 79.9. The number of alkyl halides is 1. The summed E-state index contributed by atoms with van der Waals surface area (Å²) in [6.45, 7) is 1.43. The molecule has 0 fully saturated rings. The van der Waals surface area contributed by atoms with Gasteiger partial charge < -0.3 is 5.11 Å². The van der Waals surface area contributed by atoms with E-state index in [2.05, 4.69) is 15.9 Å². The van der Waals surface area contributed by atoms with E-state index in [1.165, 1.54) is 13.0 Å². The first-order chi connectivity index (χ1) is 6.04. The van der Waals surface area contributed by atoms with E-state index >= 15 is 0 Å². The van der Waals surface area contributed by atoms with Gasteiger partial charge in [-0.05, 0) is 19.1 Å². The highest BCUT2D eigenvalue weighted by molar-refractivity contribution is 9.09. The monoisotopic (exact) mass is 262 g/mol.